The Morgan fingerprint density at radius 3 is 2.36 bits per heavy atom. The van der Waals surface area contributed by atoms with Gasteiger partial charge in [0.05, 0.1) is 11.3 Å². The van der Waals surface area contributed by atoms with Gasteiger partial charge in [0.1, 0.15) is 11.6 Å². The normalized spacial score (nSPS) is 17.4. The lowest BCUT2D eigenvalue weighted by Gasteiger charge is -2.34. The van der Waals surface area contributed by atoms with Crippen LogP contribution in [0.1, 0.15) is 62.9 Å². The number of anilines is 2. The molecule has 0 radical (unpaired) electrons. The first-order valence-electron chi connectivity index (χ1n) is 12.1. The van der Waals surface area contributed by atoms with Crippen LogP contribution in [-0.4, -0.2) is 36.4 Å². The number of nitrogens with one attached hydrogen (secondary N) is 1. The maximum absolute atomic E-state index is 13.3. The minimum absolute atomic E-state index is 0.0494. The quantitative estimate of drug-likeness (QED) is 0.501. The summed E-state index contributed by atoms with van der Waals surface area (Å²) in [6.07, 6.45) is 0.925. The summed E-state index contributed by atoms with van der Waals surface area (Å²) in [6, 6.07) is 15.8. The molecule has 9 heteroatoms. The molecule has 0 bridgehead atoms. The average Bonchev–Trinajstić information content (AvgIpc) is 3.10. The number of carbonyl (C=O) groups excluding carboxylic acids is 1. The summed E-state index contributed by atoms with van der Waals surface area (Å²) < 4.78 is 27.9. The molecule has 3 N–H and O–H groups in total. The number of nitrogens with two attached hydrogens (primary N) is 1. The maximum Gasteiger partial charge on any atom is 0.281 e. The number of carbonyl (C=O) groups is 1. The molecule has 1 amide bonds. The van der Waals surface area contributed by atoms with E-state index in [-0.39, 0.29) is 21.9 Å². The zero-order chi connectivity index (χ0) is 26.3. The Hall–Kier alpha value is -3.46. The number of nitrogen functional groups attached to an aromatic ring is 1. The first-order chi connectivity index (χ1) is 16.9. The molecule has 3 aromatic rings. The topological polar surface area (TPSA) is 118 Å². The monoisotopic (exact) mass is 507 g/mol. The van der Waals surface area contributed by atoms with E-state index < -0.39 is 15.9 Å². The molecule has 0 aliphatic carbocycles. The lowest BCUT2D eigenvalue weighted by molar-refractivity contribution is 0.0981. The van der Waals surface area contributed by atoms with Crippen molar-refractivity contribution in [2.75, 3.05) is 17.2 Å². The van der Waals surface area contributed by atoms with Gasteiger partial charge < -0.3 is 10.6 Å². The van der Waals surface area contributed by atoms with Crippen LogP contribution in [-0.2, 0) is 10.0 Å². The van der Waals surface area contributed by atoms with E-state index in [1.54, 1.807) is 12.1 Å². The second-order valence-electron chi connectivity index (χ2n) is 10.4. The number of nitrogens with zero attached hydrogens (tertiary/aromatic N) is 3. The second-order valence-corrected chi connectivity index (χ2v) is 12.0. The lowest BCUT2D eigenvalue weighted by Crippen LogP contribution is -2.41. The van der Waals surface area contributed by atoms with Gasteiger partial charge >= 0.3 is 0 Å². The Morgan fingerprint density at radius 2 is 1.78 bits per heavy atom. The molecule has 1 aromatic carbocycles. The van der Waals surface area contributed by atoms with Gasteiger partial charge in [-0.1, -0.05) is 51.1 Å². The molecule has 4 rings (SSSR count). The summed E-state index contributed by atoms with van der Waals surface area (Å²) in [6.45, 7) is 11.4. The van der Waals surface area contributed by atoms with Crippen molar-refractivity contribution in [2.24, 2.45) is 5.92 Å². The molecule has 8 nitrogen and oxygen atoms in total. The van der Waals surface area contributed by atoms with Gasteiger partial charge in [-0.2, -0.15) is 8.42 Å². The lowest BCUT2D eigenvalue weighted by atomic mass is 9.97. The number of pyridine rings is 2. The highest BCUT2D eigenvalue weighted by atomic mass is 32.2. The molecule has 2 aromatic heterocycles. The summed E-state index contributed by atoms with van der Waals surface area (Å²) in [5, 5.41) is -0.317. The van der Waals surface area contributed by atoms with Crippen LogP contribution in [0, 0.1) is 5.92 Å². The third kappa shape index (κ3) is 5.21. The number of rotatable bonds is 6. The van der Waals surface area contributed by atoms with Gasteiger partial charge in [0, 0.05) is 17.6 Å². The predicted molar refractivity (Wildman–Crippen MR) is 142 cm³/mol. The number of hydrogen-bond acceptors (Lipinski definition) is 7. The van der Waals surface area contributed by atoms with Gasteiger partial charge in [-0.15, -0.1) is 0 Å². The molecule has 3 heterocycles. The number of benzene rings is 1. The van der Waals surface area contributed by atoms with Gasteiger partial charge in [0.15, 0.2) is 5.03 Å². The Balaban J connectivity index is 1.75. The predicted octanol–water partition coefficient (Wildman–Crippen LogP) is 4.59. The summed E-state index contributed by atoms with van der Waals surface area (Å²) in [4.78, 5) is 24.2. The van der Waals surface area contributed by atoms with Crippen LogP contribution in [0.15, 0.2) is 59.6 Å². The molecule has 0 spiro atoms. The molecule has 0 saturated carbocycles. The number of hydrogen-bond donors (Lipinski definition) is 2. The van der Waals surface area contributed by atoms with Crippen LogP contribution < -0.4 is 15.4 Å². The highest BCUT2D eigenvalue weighted by Gasteiger charge is 2.39. The molecule has 1 unspecified atom stereocenters. The van der Waals surface area contributed by atoms with E-state index in [4.69, 9.17) is 10.7 Å². The van der Waals surface area contributed by atoms with E-state index in [0.717, 1.165) is 12.0 Å². The van der Waals surface area contributed by atoms with E-state index >= 15 is 0 Å². The molecule has 1 aliphatic rings. The summed E-state index contributed by atoms with van der Waals surface area (Å²) in [5.74, 6) is 0.555. The fourth-order valence-electron chi connectivity index (χ4n) is 4.80. The minimum atomic E-state index is -4.22. The first kappa shape index (κ1) is 25.6. The largest absolute Gasteiger partial charge is 0.384 e. The highest BCUT2D eigenvalue weighted by molar-refractivity contribution is 7.90. The molecule has 36 heavy (non-hydrogen) atoms. The molecule has 1 fully saturated rings. The van der Waals surface area contributed by atoms with E-state index in [1.165, 1.54) is 23.8 Å². The van der Waals surface area contributed by atoms with Crippen LogP contribution in [0.25, 0.3) is 11.3 Å². The zero-order valence-corrected chi connectivity index (χ0v) is 22.1. The van der Waals surface area contributed by atoms with Crippen molar-refractivity contribution in [3.8, 4) is 11.3 Å². The van der Waals surface area contributed by atoms with Crippen molar-refractivity contribution in [3.05, 3.63) is 65.7 Å². The van der Waals surface area contributed by atoms with Gasteiger partial charge in [0.2, 0.25) is 0 Å². The third-order valence-corrected chi connectivity index (χ3v) is 7.80. The Bertz CT molecular complexity index is 1380. The van der Waals surface area contributed by atoms with Crippen LogP contribution >= 0.6 is 0 Å². The van der Waals surface area contributed by atoms with E-state index in [0.29, 0.717) is 29.9 Å². The van der Waals surface area contributed by atoms with Gasteiger partial charge in [-0.3, -0.25) is 4.79 Å². The van der Waals surface area contributed by atoms with E-state index in [2.05, 4.69) is 61.4 Å². The summed E-state index contributed by atoms with van der Waals surface area (Å²) in [7, 11) is -4.22. The third-order valence-electron chi connectivity index (χ3n) is 6.57. The molecule has 1 aliphatic heterocycles. The Labute approximate surface area is 213 Å². The molecular formula is C27H33N5O3S. The first-order valence-corrected chi connectivity index (χ1v) is 13.5. The van der Waals surface area contributed by atoms with Gasteiger partial charge in [0.25, 0.3) is 15.9 Å². The minimum Gasteiger partial charge on any atom is -0.384 e. The van der Waals surface area contributed by atoms with Crippen molar-refractivity contribution in [3.63, 3.8) is 0 Å². The Morgan fingerprint density at radius 1 is 1.08 bits per heavy atom. The molecule has 190 valence electrons. The molecule has 1 saturated heterocycles. The highest BCUT2D eigenvalue weighted by Crippen LogP contribution is 2.38. The van der Waals surface area contributed by atoms with Crippen LogP contribution in [0.5, 0.6) is 0 Å². The maximum atomic E-state index is 13.3. The number of sulfonamides is 1. The van der Waals surface area contributed by atoms with Crippen molar-refractivity contribution in [2.45, 2.75) is 57.5 Å². The van der Waals surface area contributed by atoms with Crippen molar-refractivity contribution in [1.82, 2.24) is 14.7 Å². The molecule has 1 atom stereocenters. The number of aromatic nitrogens is 2. The summed E-state index contributed by atoms with van der Waals surface area (Å²) >= 11 is 0. The van der Waals surface area contributed by atoms with Gasteiger partial charge in [-0.05, 0) is 61.9 Å². The smallest absolute Gasteiger partial charge is 0.281 e. The fourth-order valence-corrected chi connectivity index (χ4v) is 5.74. The van der Waals surface area contributed by atoms with Crippen LogP contribution in [0.4, 0.5) is 11.6 Å². The van der Waals surface area contributed by atoms with Crippen molar-refractivity contribution < 1.29 is 13.2 Å². The Kier molecular flexibility index (Phi) is 6.79. The van der Waals surface area contributed by atoms with Crippen LogP contribution in [0.3, 0.4) is 0 Å². The summed E-state index contributed by atoms with van der Waals surface area (Å²) in [5.41, 5.74) is 8.44. The van der Waals surface area contributed by atoms with E-state index in [9.17, 15) is 13.2 Å². The van der Waals surface area contributed by atoms with Gasteiger partial charge in [-0.25, -0.2) is 14.7 Å². The van der Waals surface area contributed by atoms with E-state index in [1.807, 2.05) is 12.1 Å². The second kappa shape index (κ2) is 9.54. The SMILES string of the molecule is CC1CN(c2nc(-c3ccc(C(C)C)cc3)ccc2C(=O)NS(=O)(=O)c2cccc(N)n2)C(C)(C)C1. The standard InChI is InChI=1S/C27H33N5O3S/c1-17(2)19-9-11-20(12-10-19)22-14-13-21(25(29-22)32-16-18(3)15-27(32,4)5)26(33)31-36(34,35)24-8-6-7-23(28)30-24/h6-14,17-18H,15-16H2,1-5H3,(H2,28,30)(H,31,33). The molecular weight excluding hydrogens is 474 g/mol. The van der Waals surface area contributed by atoms with Crippen molar-refractivity contribution >= 4 is 27.6 Å². The zero-order valence-electron chi connectivity index (χ0n) is 21.3. The number of amides is 1. The fraction of sp³-hybridized carbons (Fsp3) is 0.370. The van der Waals surface area contributed by atoms with Crippen molar-refractivity contribution in [1.29, 1.82) is 0 Å². The van der Waals surface area contributed by atoms with Crippen LogP contribution in [0.2, 0.25) is 0 Å². The average molecular weight is 508 g/mol.